The van der Waals surface area contributed by atoms with Gasteiger partial charge in [0.25, 0.3) is 17.2 Å². The Labute approximate surface area is 189 Å². The normalized spacial score (nSPS) is 13.9. The summed E-state index contributed by atoms with van der Waals surface area (Å²) in [7, 11) is 0. The Morgan fingerprint density at radius 1 is 1.03 bits per heavy atom. The van der Waals surface area contributed by atoms with Crippen LogP contribution in [0, 0.1) is 10.1 Å². The molecular weight excluding hydrogens is 476 g/mol. The van der Waals surface area contributed by atoms with Gasteiger partial charge in [-0.2, -0.15) is 0 Å². The largest absolute Gasteiger partial charge is 0.321 e. The summed E-state index contributed by atoms with van der Waals surface area (Å²) in [5.41, 5.74) is 1.83. The molecule has 1 amide bonds. The minimum atomic E-state index is -0.528. The Balaban J connectivity index is 1.82. The number of halogens is 1. The van der Waals surface area contributed by atoms with Gasteiger partial charge in [0.2, 0.25) is 0 Å². The molecule has 5 rings (SSSR count). The summed E-state index contributed by atoms with van der Waals surface area (Å²) in [4.78, 5) is 41.5. The van der Waals surface area contributed by atoms with Gasteiger partial charge in [-0.3, -0.25) is 24.3 Å². The number of para-hydroxylation sites is 1. The fourth-order valence-electron chi connectivity index (χ4n) is 3.67. The third kappa shape index (κ3) is 3.28. The quantitative estimate of drug-likeness (QED) is 0.258. The highest BCUT2D eigenvalue weighted by Crippen LogP contribution is 2.35. The summed E-state index contributed by atoms with van der Waals surface area (Å²) in [6.07, 6.45) is 1.53. The zero-order valence-corrected chi connectivity index (χ0v) is 17.9. The van der Waals surface area contributed by atoms with Crippen LogP contribution in [-0.4, -0.2) is 20.4 Å². The smallest absolute Gasteiger partial charge is 0.271 e. The van der Waals surface area contributed by atoms with Crippen molar-refractivity contribution in [3.63, 3.8) is 0 Å². The molecule has 1 N–H and O–H groups in total. The van der Waals surface area contributed by atoms with Gasteiger partial charge in [-0.1, -0.05) is 34.1 Å². The van der Waals surface area contributed by atoms with Crippen LogP contribution < -0.4 is 10.9 Å². The summed E-state index contributed by atoms with van der Waals surface area (Å²) < 4.78 is 2.08. The number of anilines is 1. The number of nitro benzene ring substituents is 1. The van der Waals surface area contributed by atoms with Gasteiger partial charge >= 0.3 is 0 Å². The first-order chi connectivity index (χ1) is 15.4. The van der Waals surface area contributed by atoms with Gasteiger partial charge in [0.15, 0.2) is 0 Å². The van der Waals surface area contributed by atoms with Crippen LogP contribution in [0.15, 0.2) is 76.0 Å². The van der Waals surface area contributed by atoms with Gasteiger partial charge in [0, 0.05) is 27.9 Å². The Kier molecular flexibility index (Phi) is 4.67. The van der Waals surface area contributed by atoms with E-state index in [9.17, 15) is 19.7 Å². The van der Waals surface area contributed by atoms with Crippen LogP contribution in [0.25, 0.3) is 28.2 Å². The summed E-state index contributed by atoms with van der Waals surface area (Å²) >= 11 is 3.41. The third-order valence-corrected chi connectivity index (χ3v) is 5.63. The lowest BCUT2D eigenvalue weighted by molar-refractivity contribution is -0.384. The van der Waals surface area contributed by atoms with Gasteiger partial charge < -0.3 is 5.32 Å². The van der Waals surface area contributed by atoms with E-state index in [1.165, 1.54) is 28.8 Å². The zero-order chi connectivity index (χ0) is 22.4. The van der Waals surface area contributed by atoms with Crippen molar-refractivity contribution in [2.75, 3.05) is 5.32 Å². The molecule has 0 saturated heterocycles. The second-order valence-corrected chi connectivity index (χ2v) is 8.02. The van der Waals surface area contributed by atoms with Gasteiger partial charge in [-0.25, -0.2) is 4.98 Å². The molecule has 0 radical (unpaired) electrons. The second kappa shape index (κ2) is 7.54. The predicted molar refractivity (Wildman–Crippen MR) is 125 cm³/mol. The summed E-state index contributed by atoms with van der Waals surface area (Å²) in [5.74, 6) is -0.140. The summed E-state index contributed by atoms with van der Waals surface area (Å²) in [6, 6.07) is 18.0. The highest BCUT2D eigenvalue weighted by atomic mass is 79.9. The molecule has 1 aliphatic heterocycles. The SMILES string of the molecule is O=C1Nc2ccc(Br)cc2C1=Cc1nc2ccccc2c(=O)n1-c1cccc([N+](=O)[O-])c1. The maximum absolute atomic E-state index is 13.4. The van der Waals surface area contributed by atoms with Crippen LogP contribution >= 0.6 is 15.9 Å². The lowest BCUT2D eigenvalue weighted by atomic mass is 10.1. The maximum Gasteiger partial charge on any atom is 0.271 e. The molecular formula is C23H13BrN4O4. The number of rotatable bonds is 3. The fraction of sp³-hybridized carbons (Fsp3) is 0. The van der Waals surface area contributed by atoms with E-state index in [1.54, 1.807) is 42.5 Å². The number of non-ortho nitro benzene ring substituents is 1. The monoisotopic (exact) mass is 488 g/mol. The van der Waals surface area contributed by atoms with Gasteiger partial charge in [0.1, 0.15) is 5.82 Å². The van der Waals surface area contributed by atoms with E-state index >= 15 is 0 Å². The van der Waals surface area contributed by atoms with E-state index < -0.39 is 10.5 Å². The van der Waals surface area contributed by atoms with Crippen LogP contribution in [0.5, 0.6) is 0 Å². The van der Waals surface area contributed by atoms with E-state index in [2.05, 4.69) is 26.2 Å². The van der Waals surface area contributed by atoms with Crippen molar-refractivity contribution in [3.05, 3.63) is 103 Å². The van der Waals surface area contributed by atoms with Crippen molar-refractivity contribution in [1.29, 1.82) is 0 Å². The van der Waals surface area contributed by atoms with E-state index in [-0.39, 0.29) is 23.1 Å². The number of nitro groups is 1. The number of benzene rings is 3. The average molecular weight is 489 g/mol. The Bertz CT molecular complexity index is 1540. The molecule has 0 atom stereocenters. The molecule has 0 spiro atoms. The molecule has 1 aliphatic rings. The standard InChI is InChI=1S/C23H13BrN4O4/c24-13-8-9-20-17(10-13)18(22(29)26-20)12-21-25-19-7-2-1-6-16(19)23(30)27(21)14-4-3-5-15(11-14)28(31)32/h1-12H,(H,26,29). The molecule has 9 heteroatoms. The first-order valence-electron chi connectivity index (χ1n) is 9.52. The van der Waals surface area contributed by atoms with Crippen molar-refractivity contribution in [1.82, 2.24) is 9.55 Å². The molecule has 156 valence electrons. The van der Waals surface area contributed by atoms with Gasteiger partial charge in [-0.15, -0.1) is 0 Å². The van der Waals surface area contributed by atoms with E-state index in [0.717, 1.165) is 4.47 Å². The zero-order valence-electron chi connectivity index (χ0n) is 16.3. The maximum atomic E-state index is 13.4. The number of hydrogen-bond donors (Lipinski definition) is 1. The molecule has 4 aromatic rings. The number of fused-ring (bicyclic) bond motifs is 2. The predicted octanol–water partition coefficient (Wildman–Crippen LogP) is 4.55. The van der Waals surface area contributed by atoms with Crippen molar-refractivity contribution >= 4 is 55.8 Å². The highest BCUT2D eigenvalue weighted by Gasteiger charge is 2.25. The van der Waals surface area contributed by atoms with Crippen LogP contribution in [0.3, 0.4) is 0 Å². The lowest BCUT2D eigenvalue weighted by Crippen LogP contribution is -2.22. The number of carbonyl (C=O) groups is 1. The molecule has 0 unspecified atom stereocenters. The molecule has 0 aliphatic carbocycles. The molecule has 3 aromatic carbocycles. The van der Waals surface area contributed by atoms with Crippen molar-refractivity contribution in [3.8, 4) is 5.69 Å². The topological polar surface area (TPSA) is 107 Å². The molecule has 32 heavy (non-hydrogen) atoms. The van der Waals surface area contributed by atoms with E-state index in [0.29, 0.717) is 27.7 Å². The Hall–Kier alpha value is -4.11. The average Bonchev–Trinajstić information content (AvgIpc) is 3.08. The second-order valence-electron chi connectivity index (χ2n) is 7.11. The Morgan fingerprint density at radius 2 is 1.84 bits per heavy atom. The van der Waals surface area contributed by atoms with Crippen molar-refractivity contribution in [2.24, 2.45) is 0 Å². The minimum Gasteiger partial charge on any atom is -0.321 e. The first-order valence-corrected chi connectivity index (χ1v) is 10.3. The van der Waals surface area contributed by atoms with Crippen molar-refractivity contribution < 1.29 is 9.72 Å². The third-order valence-electron chi connectivity index (χ3n) is 5.14. The minimum absolute atomic E-state index is 0.158. The van der Waals surface area contributed by atoms with Crippen LogP contribution in [-0.2, 0) is 4.79 Å². The Morgan fingerprint density at radius 3 is 2.66 bits per heavy atom. The number of nitrogens with one attached hydrogen (secondary N) is 1. The number of nitrogens with zero attached hydrogens (tertiary/aromatic N) is 3. The molecule has 0 fully saturated rings. The lowest BCUT2D eigenvalue weighted by Gasteiger charge is -2.12. The number of aromatic nitrogens is 2. The van der Waals surface area contributed by atoms with Gasteiger partial charge in [-0.05, 0) is 42.5 Å². The molecule has 1 aromatic heterocycles. The molecule has 0 saturated carbocycles. The van der Waals surface area contributed by atoms with Crippen LogP contribution in [0.1, 0.15) is 11.4 Å². The number of hydrogen-bond acceptors (Lipinski definition) is 5. The van der Waals surface area contributed by atoms with Gasteiger partial charge in [0.05, 0.1) is 27.1 Å². The molecule has 0 bridgehead atoms. The number of amides is 1. The summed E-state index contributed by atoms with van der Waals surface area (Å²) in [6.45, 7) is 0. The van der Waals surface area contributed by atoms with E-state index in [4.69, 9.17) is 0 Å². The van der Waals surface area contributed by atoms with E-state index in [1.807, 2.05) is 6.07 Å². The number of carbonyl (C=O) groups excluding carboxylic acids is 1. The fourth-order valence-corrected chi connectivity index (χ4v) is 4.04. The van der Waals surface area contributed by atoms with Crippen LogP contribution in [0.2, 0.25) is 0 Å². The van der Waals surface area contributed by atoms with Crippen molar-refractivity contribution in [2.45, 2.75) is 0 Å². The molecule has 2 heterocycles. The summed E-state index contributed by atoms with van der Waals surface area (Å²) in [5, 5.41) is 14.4. The highest BCUT2D eigenvalue weighted by molar-refractivity contribution is 9.10. The molecule has 8 nitrogen and oxygen atoms in total. The van der Waals surface area contributed by atoms with Crippen LogP contribution in [0.4, 0.5) is 11.4 Å². The first kappa shape index (κ1) is 19.8.